The molecule has 0 aromatic heterocycles. The molecule has 6 nitrogen and oxygen atoms in total. The smallest absolute Gasteiger partial charge is 0.407 e. The first-order valence-electron chi connectivity index (χ1n) is 9.86. The molecule has 3 rings (SSSR count). The van der Waals surface area contributed by atoms with Crippen LogP contribution in [0.2, 0.25) is 0 Å². The highest BCUT2D eigenvalue weighted by atomic mass is 17.1. The molecular formula is C23H29NO5. The number of carbonyl (C=O) groups is 1. The summed E-state index contributed by atoms with van der Waals surface area (Å²) >= 11 is 0. The second kappa shape index (κ2) is 8.95. The van der Waals surface area contributed by atoms with Gasteiger partial charge in [-0.2, -0.15) is 0 Å². The normalized spacial score (nSPS) is 15.3. The molecule has 0 bridgehead atoms. The Morgan fingerprint density at radius 3 is 2.14 bits per heavy atom. The van der Waals surface area contributed by atoms with E-state index < -0.39 is 17.7 Å². The maximum atomic E-state index is 12.5. The molecule has 1 amide bonds. The Balaban J connectivity index is 1.65. The number of benzene rings is 2. The van der Waals surface area contributed by atoms with Gasteiger partial charge in [-0.3, -0.25) is 5.26 Å². The van der Waals surface area contributed by atoms with Crippen molar-refractivity contribution >= 4 is 6.09 Å². The number of nitrogens with one attached hydrogen (secondary N) is 1. The molecule has 0 aliphatic heterocycles. The van der Waals surface area contributed by atoms with Gasteiger partial charge in [0.1, 0.15) is 13.2 Å². The Morgan fingerprint density at radius 2 is 1.62 bits per heavy atom. The molecule has 0 saturated heterocycles. The molecule has 2 aromatic carbocycles. The molecule has 2 unspecified atom stereocenters. The highest BCUT2D eigenvalue weighted by Gasteiger charge is 2.30. The summed E-state index contributed by atoms with van der Waals surface area (Å²) in [6.07, 6.45) is -0.944. The number of hydrogen-bond acceptors (Lipinski definition) is 5. The number of fused-ring (bicyclic) bond motifs is 3. The minimum Gasteiger partial charge on any atom is -0.449 e. The summed E-state index contributed by atoms with van der Waals surface area (Å²) in [5.41, 5.74) is 4.27. The first-order valence-corrected chi connectivity index (χ1v) is 9.86. The van der Waals surface area contributed by atoms with Crippen molar-refractivity contribution in [2.45, 2.75) is 51.4 Å². The molecule has 1 aliphatic carbocycles. The molecule has 2 N–H and O–H groups in total. The minimum absolute atomic E-state index is 0.0102. The Morgan fingerprint density at radius 1 is 1.07 bits per heavy atom. The number of carbonyl (C=O) groups excluding carboxylic acids is 1. The Labute approximate surface area is 171 Å². The topological polar surface area (TPSA) is 77.0 Å². The number of hydrogen-bond donors (Lipinski definition) is 2. The van der Waals surface area contributed by atoms with Gasteiger partial charge >= 0.3 is 6.09 Å². The van der Waals surface area contributed by atoms with Crippen molar-refractivity contribution in [2.24, 2.45) is 0 Å². The van der Waals surface area contributed by atoms with Crippen molar-refractivity contribution in [3.05, 3.63) is 59.7 Å². The van der Waals surface area contributed by atoms with Gasteiger partial charge in [-0.1, -0.05) is 48.5 Å². The molecule has 0 radical (unpaired) electrons. The standard InChI is InChI=1S/C23H29NO5/c1-15(29-23(2,3)4)21(14-28-26)24-22(25)27-13-20-18-11-7-5-9-16(18)17-10-6-8-12-19(17)20/h5-12,15,20-21,26H,13-14H2,1-4H3,(H,24,25). The van der Waals surface area contributed by atoms with E-state index in [-0.39, 0.29) is 25.2 Å². The Kier molecular flexibility index (Phi) is 6.57. The van der Waals surface area contributed by atoms with E-state index in [1.54, 1.807) is 0 Å². The fourth-order valence-electron chi connectivity index (χ4n) is 3.81. The quantitative estimate of drug-likeness (QED) is 0.526. The van der Waals surface area contributed by atoms with Crippen LogP contribution in [0, 0.1) is 0 Å². The third-order valence-corrected chi connectivity index (χ3v) is 5.01. The fraction of sp³-hybridized carbons (Fsp3) is 0.435. The molecule has 0 spiro atoms. The van der Waals surface area contributed by atoms with E-state index in [0.29, 0.717) is 0 Å². The van der Waals surface area contributed by atoms with Crippen LogP contribution >= 0.6 is 0 Å². The van der Waals surface area contributed by atoms with Crippen LogP contribution in [0.5, 0.6) is 0 Å². The van der Waals surface area contributed by atoms with Crippen molar-refractivity contribution in [3.63, 3.8) is 0 Å². The lowest BCUT2D eigenvalue weighted by atomic mass is 9.98. The highest BCUT2D eigenvalue weighted by Crippen LogP contribution is 2.44. The zero-order valence-electron chi connectivity index (χ0n) is 17.3. The van der Waals surface area contributed by atoms with Crippen LogP contribution in [0.15, 0.2) is 48.5 Å². The van der Waals surface area contributed by atoms with Crippen LogP contribution in [0.4, 0.5) is 4.79 Å². The van der Waals surface area contributed by atoms with E-state index in [4.69, 9.17) is 14.7 Å². The summed E-state index contributed by atoms with van der Waals surface area (Å²) in [4.78, 5) is 16.7. The van der Waals surface area contributed by atoms with E-state index >= 15 is 0 Å². The zero-order valence-corrected chi connectivity index (χ0v) is 17.3. The van der Waals surface area contributed by atoms with E-state index in [2.05, 4.69) is 34.5 Å². The summed E-state index contributed by atoms with van der Waals surface area (Å²) in [7, 11) is 0. The third-order valence-electron chi connectivity index (χ3n) is 5.01. The maximum Gasteiger partial charge on any atom is 0.407 e. The van der Waals surface area contributed by atoms with Gasteiger partial charge in [0.15, 0.2) is 0 Å². The lowest BCUT2D eigenvalue weighted by Crippen LogP contribution is -2.48. The van der Waals surface area contributed by atoms with Gasteiger partial charge in [-0.05, 0) is 49.9 Å². The maximum absolute atomic E-state index is 12.5. The molecule has 2 atom stereocenters. The lowest BCUT2D eigenvalue weighted by molar-refractivity contribution is -0.252. The molecule has 6 heteroatoms. The van der Waals surface area contributed by atoms with Crippen LogP contribution in [0.3, 0.4) is 0 Å². The van der Waals surface area contributed by atoms with E-state index in [1.807, 2.05) is 52.0 Å². The van der Waals surface area contributed by atoms with Gasteiger partial charge in [0.2, 0.25) is 0 Å². The van der Waals surface area contributed by atoms with E-state index in [0.717, 1.165) is 11.1 Å². The average molecular weight is 399 g/mol. The van der Waals surface area contributed by atoms with Crippen molar-refractivity contribution in [1.82, 2.24) is 5.32 Å². The van der Waals surface area contributed by atoms with Crippen LogP contribution in [0.1, 0.15) is 44.7 Å². The van der Waals surface area contributed by atoms with Gasteiger partial charge < -0.3 is 14.8 Å². The SMILES string of the molecule is CC(OC(C)(C)C)C(COO)NC(=O)OCC1c2ccccc2-c2ccccc21. The summed E-state index contributed by atoms with van der Waals surface area (Å²) in [5.74, 6) is -0.0102. The number of alkyl carbamates (subject to hydrolysis) is 1. The number of ether oxygens (including phenoxy) is 2. The predicted molar refractivity (Wildman–Crippen MR) is 111 cm³/mol. The van der Waals surface area contributed by atoms with Crippen LogP contribution in [-0.4, -0.2) is 42.3 Å². The second-order valence-corrected chi connectivity index (χ2v) is 8.31. The van der Waals surface area contributed by atoms with Gasteiger partial charge in [0.25, 0.3) is 0 Å². The summed E-state index contributed by atoms with van der Waals surface area (Å²) in [6, 6.07) is 15.8. The van der Waals surface area contributed by atoms with Crippen LogP contribution in [0.25, 0.3) is 11.1 Å². The van der Waals surface area contributed by atoms with Crippen molar-refractivity contribution in [3.8, 4) is 11.1 Å². The Bertz CT molecular complexity index is 800. The molecule has 0 heterocycles. The van der Waals surface area contributed by atoms with Crippen molar-refractivity contribution < 1.29 is 24.4 Å². The highest BCUT2D eigenvalue weighted by molar-refractivity contribution is 5.79. The lowest BCUT2D eigenvalue weighted by Gasteiger charge is -2.30. The van der Waals surface area contributed by atoms with Gasteiger partial charge in [-0.25, -0.2) is 9.68 Å². The molecule has 1 aliphatic rings. The van der Waals surface area contributed by atoms with Gasteiger partial charge in [0, 0.05) is 5.92 Å². The Hall–Kier alpha value is -2.41. The third kappa shape index (κ3) is 5.15. The zero-order chi connectivity index (χ0) is 21.0. The average Bonchev–Trinajstić information content (AvgIpc) is 2.99. The molecule has 0 saturated carbocycles. The largest absolute Gasteiger partial charge is 0.449 e. The van der Waals surface area contributed by atoms with Crippen molar-refractivity contribution in [2.75, 3.05) is 13.2 Å². The van der Waals surface area contributed by atoms with Crippen LogP contribution < -0.4 is 5.32 Å². The summed E-state index contributed by atoms with van der Waals surface area (Å²) < 4.78 is 11.4. The van der Waals surface area contributed by atoms with E-state index in [1.165, 1.54) is 11.1 Å². The fourth-order valence-corrected chi connectivity index (χ4v) is 3.81. The first-order chi connectivity index (χ1) is 13.8. The van der Waals surface area contributed by atoms with Crippen LogP contribution in [-0.2, 0) is 14.4 Å². The van der Waals surface area contributed by atoms with E-state index in [9.17, 15) is 4.79 Å². The summed E-state index contributed by atoms with van der Waals surface area (Å²) in [5, 5.41) is 11.6. The van der Waals surface area contributed by atoms with Gasteiger partial charge in [0.05, 0.1) is 17.7 Å². The predicted octanol–water partition coefficient (Wildman–Crippen LogP) is 4.59. The molecular weight excluding hydrogens is 370 g/mol. The molecule has 29 heavy (non-hydrogen) atoms. The number of amides is 1. The second-order valence-electron chi connectivity index (χ2n) is 8.31. The van der Waals surface area contributed by atoms with Crippen molar-refractivity contribution in [1.29, 1.82) is 0 Å². The molecule has 0 fully saturated rings. The monoisotopic (exact) mass is 399 g/mol. The first kappa shape index (κ1) is 21.3. The molecule has 2 aromatic rings. The van der Waals surface area contributed by atoms with Gasteiger partial charge in [-0.15, -0.1) is 0 Å². The minimum atomic E-state index is -0.571. The summed E-state index contributed by atoms with van der Waals surface area (Å²) in [6.45, 7) is 7.72. The molecule has 156 valence electrons. The number of rotatable bonds is 7.